The van der Waals surface area contributed by atoms with Crippen molar-refractivity contribution in [3.63, 3.8) is 0 Å². The lowest BCUT2D eigenvalue weighted by Crippen LogP contribution is -2.13. The number of aromatic nitrogens is 2. The molecule has 0 amide bonds. The van der Waals surface area contributed by atoms with Crippen molar-refractivity contribution in [3.8, 4) is 17.0 Å². The fourth-order valence-electron chi connectivity index (χ4n) is 2.43. The van der Waals surface area contributed by atoms with Gasteiger partial charge in [0, 0.05) is 17.1 Å². The molecule has 1 aliphatic carbocycles. The summed E-state index contributed by atoms with van der Waals surface area (Å²) >= 11 is 1.50. The van der Waals surface area contributed by atoms with E-state index in [0.29, 0.717) is 6.04 Å². The summed E-state index contributed by atoms with van der Waals surface area (Å²) in [6, 6.07) is 12.5. The third-order valence-corrected chi connectivity index (χ3v) is 4.72. The Bertz CT molecular complexity index is 993. The van der Waals surface area contributed by atoms with Gasteiger partial charge in [0.2, 0.25) is 4.80 Å². The number of thiazole rings is 1. The van der Waals surface area contributed by atoms with Crippen molar-refractivity contribution in [2.45, 2.75) is 25.5 Å². The molecule has 1 aromatic carbocycles. The maximum absolute atomic E-state index is 12.3. The van der Waals surface area contributed by atoms with Gasteiger partial charge in [-0.05, 0) is 49.2 Å². The van der Waals surface area contributed by atoms with E-state index in [9.17, 15) is 8.78 Å². The van der Waals surface area contributed by atoms with Gasteiger partial charge in [-0.3, -0.25) is 9.98 Å². The smallest absolute Gasteiger partial charge is 0.387 e. The van der Waals surface area contributed by atoms with Crippen LogP contribution in [0, 0.1) is 0 Å². The average molecular weight is 386 g/mol. The van der Waals surface area contributed by atoms with Gasteiger partial charge in [-0.1, -0.05) is 6.07 Å². The van der Waals surface area contributed by atoms with Crippen LogP contribution in [0.2, 0.25) is 0 Å². The van der Waals surface area contributed by atoms with Crippen LogP contribution in [0.15, 0.2) is 64.1 Å². The molecule has 27 heavy (non-hydrogen) atoms. The maximum atomic E-state index is 12.3. The third kappa shape index (κ3) is 4.46. The zero-order valence-corrected chi connectivity index (χ0v) is 15.0. The van der Waals surface area contributed by atoms with Gasteiger partial charge in [0.05, 0.1) is 23.6 Å². The van der Waals surface area contributed by atoms with Crippen LogP contribution in [0.3, 0.4) is 0 Å². The van der Waals surface area contributed by atoms with Gasteiger partial charge in [0.25, 0.3) is 0 Å². The molecule has 5 nitrogen and oxygen atoms in total. The number of benzene rings is 1. The average Bonchev–Trinajstić information content (AvgIpc) is 3.40. The number of hydrogen-bond donors (Lipinski definition) is 0. The molecule has 0 aliphatic heterocycles. The highest BCUT2D eigenvalue weighted by atomic mass is 32.1. The second-order valence-electron chi connectivity index (χ2n) is 5.98. The van der Waals surface area contributed by atoms with Crippen molar-refractivity contribution in [1.29, 1.82) is 0 Å². The van der Waals surface area contributed by atoms with Crippen molar-refractivity contribution in [3.05, 3.63) is 64.5 Å². The molecule has 138 valence electrons. The van der Waals surface area contributed by atoms with Crippen molar-refractivity contribution >= 4 is 17.6 Å². The summed E-state index contributed by atoms with van der Waals surface area (Å²) in [5.41, 5.74) is 2.40. The molecule has 1 saturated carbocycles. The fraction of sp³-hybridized carbons (Fsp3) is 0.211. The molecule has 3 aromatic rings. The Hall–Kier alpha value is -2.87. The first-order valence-corrected chi connectivity index (χ1v) is 9.32. The number of alkyl halides is 2. The van der Waals surface area contributed by atoms with Gasteiger partial charge in [-0.15, -0.1) is 11.3 Å². The van der Waals surface area contributed by atoms with E-state index in [4.69, 9.17) is 4.99 Å². The molecule has 0 atom stereocenters. The number of halogens is 2. The highest BCUT2D eigenvalue weighted by Gasteiger charge is 2.20. The molecule has 0 bridgehead atoms. The summed E-state index contributed by atoms with van der Waals surface area (Å²) < 4.78 is 30.9. The molecule has 0 spiro atoms. The lowest BCUT2D eigenvalue weighted by Gasteiger charge is -2.06. The molecule has 1 aliphatic rings. The quantitative estimate of drug-likeness (QED) is 0.598. The van der Waals surface area contributed by atoms with Gasteiger partial charge in [0.1, 0.15) is 5.75 Å². The van der Waals surface area contributed by atoms with Crippen LogP contribution in [0.1, 0.15) is 18.5 Å². The number of pyridine rings is 1. The van der Waals surface area contributed by atoms with E-state index in [1.165, 1.54) is 23.5 Å². The van der Waals surface area contributed by atoms with Crippen molar-refractivity contribution in [1.82, 2.24) is 9.66 Å². The summed E-state index contributed by atoms with van der Waals surface area (Å²) in [7, 11) is 0. The van der Waals surface area contributed by atoms with E-state index in [1.807, 2.05) is 23.6 Å². The molecular weight excluding hydrogens is 370 g/mol. The van der Waals surface area contributed by atoms with Crippen LogP contribution in [0.4, 0.5) is 8.78 Å². The monoisotopic (exact) mass is 386 g/mol. The molecule has 2 heterocycles. The molecule has 4 rings (SSSR count). The maximum Gasteiger partial charge on any atom is 0.387 e. The highest BCUT2D eigenvalue weighted by molar-refractivity contribution is 7.07. The summed E-state index contributed by atoms with van der Waals surface area (Å²) in [5.74, 6) is 0.121. The second kappa shape index (κ2) is 7.79. The van der Waals surface area contributed by atoms with E-state index >= 15 is 0 Å². The predicted octanol–water partition coefficient (Wildman–Crippen LogP) is 4.16. The van der Waals surface area contributed by atoms with Crippen molar-refractivity contribution in [2.24, 2.45) is 10.1 Å². The predicted molar refractivity (Wildman–Crippen MR) is 100 cm³/mol. The number of rotatable bonds is 6. The Kier molecular flexibility index (Phi) is 5.06. The summed E-state index contributed by atoms with van der Waals surface area (Å²) in [6.45, 7) is -2.84. The molecule has 2 aromatic heterocycles. The number of nitrogens with zero attached hydrogens (tertiary/aromatic N) is 4. The summed E-state index contributed by atoms with van der Waals surface area (Å²) in [4.78, 5) is 9.75. The van der Waals surface area contributed by atoms with E-state index in [2.05, 4.69) is 14.8 Å². The standard InChI is InChI=1S/C19H16F2N4OS/c20-18(21)26-16-8-4-13(5-9-16)17-12-27-19(24-14-6-7-14)25(17)23-11-15-3-1-2-10-22-15/h1-5,8-12,14,18H,6-7H2/b23-11+,24-19?. The van der Waals surface area contributed by atoms with Crippen LogP contribution in [-0.2, 0) is 0 Å². The number of hydrogen-bond acceptors (Lipinski definition) is 5. The number of ether oxygens (including phenoxy) is 1. The third-order valence-electron chi connectivity index (χ3n) is 3.89. The largest absolute Gasteiger partial charge is 0.435 e. The van der Waals surface area contributed by atoms with Crippen LogP contribution in [0.25, 0.3) is 11.3 Å². The van der Waals surface area contributed by atoms with Crippen LogP contribution < -0.4 is 9.54 Å². The van der Waals surface area contributed by atoms with Gasteiger partial charge < -0.3 is 4.74 Å². The van der Waals surface area contributed by atoms with Crippen molar-refractivity contribution in [2.75, 3.05) is 0 Å². The van der Waals surface area contributed by atoms with Crippen LogP contribution in [-0.4, -0.2) is 28.5 Å². The second-order valence-corrected chi connectivity index (χ2v) is 6.81. The molecule has 0 saturated heterocycles. The first kappa shape index (κ1) is 17.5. The lowest BCUT2D eigenvalue weighted by atomic mass is 10.2. The molecule has 0 radical (unpaired) electrons. The minimum absolute atomic E-state index is 0.121. The Morgan fingerprint density at radius 1 is 1.19 bits per heavy atom. The van der Waals surface area contributed by atoms with E-state index < -0.39 is 6.61 Å². The van der Waals surface area contributed by atoms with Gasteiger partial charge in [-0.25, -0.2) is 4.68 Å². The first-order chi connectivity index (χ1) is 13.2. The topological polar surface area (TPSA) is 51.8 Å². The van der Waals surface area contributed by atoms with Crippen molar-refractivity contribution < 1.29 is 13.5 Å². The highest BCUT2D eigenvalue weighted by Crippen LogP contribution is 2.26. The molecular formula is C19H16F2N4OS. The van der Waals surface area contributed by atoms with Gasteiger partial charge in [0.15, 0.2) is 0 Å². The first-order valence-electron chi connectivity index (χ1n) is 8.44. The van der Waals surface area contributed by atoms with E-state index in [1.54, 1.807) is 29.2 Å². The van der Waals surface area contributed by atoms with Gasteiger partial charge in [-0.2, -0.15) is 13.9 Å². The minimum Gasteiger partial charge on any atom is -0.435 e. The Morgan fingerprint density at radius 3 is 2.67 bits per heavy atom. The van der Waals surface area contributed by atoms with Crippen LogP contribution >= 0.6 is 11.3 Å². The fourth-order valence-corrected chi connectivity index (χ4v) is 3.34. The summed E-state index contributed by atoms with van der Waals surface area (Å²) in [6.07, 6.45) is 5.57. The molecule has 0 unspecified atom stereocenters. The van der Waals surface area contributed by atoms with E-state index in [-0.39, 0.29) is 5.75 Å². The molecule has 1 fully saturated rings. The summed E-state index contributed by atoms with van der Waals surface area (Å²) in [5, 5.41) is 6.52. The molecule has 8 heteroatoms. The van der Waals surface area contributed by atoms with Gasteiger partial charge >= 0.3 is 6.61 Å². The minimum atomic E-state index is -2.84. The lowest BCUT2D eigenvalue weighted by molar-refractivity contribution is -0.0498. The van der Waals surface area contributed by atoms with Crippen LogP contribution in [0.5, 0.6) is 5.75 Å². The molecule has 0 N–H and O–H groups in total. The Labute approximate surface area is 158 Å². The normalized spacial score (nSPS) is 15.0. The zero-order chi connectivity index (χ0) is 18.6. The Balaban J connectivity index is 1.70. The van der Waals surface area contributed by atoms with E-state index in [0.717, 1.165) is 34.6 Å². The SMILES string of the molecule is FC(F)Oc1ccc(-c2csc(=NC3CC3)n2/N=C/c2ccccn2)cc1. The zero-order valence-electron chi connectivity index (χ0n) is 14.2. The Morgan fingerprint density at radius 2 is 2.00 bits per heavy atom.